The van der Waals surface area contributed by atoms with Crippen molar-refractivity contribution in [1.29, 1.82) is 0 Å². The molecule has 0 saturated carbocycles. The minimum Gasteiger partial charge on any atom is -0.410 e. The average molecular weight is 433 g/mol. The number of hydrogen-bond acceptors (Lipinski definition) is 4. The lowest BCUT2D eigenvalue weighted by atomic mass is 9.93. The second-order valence-electron chi connectivity index (χ2n) is 9.04. The van der Waals surface area contributed by atoms with Gasteiger partial charge in [-0.05, 0) is 29.8 Å². The number of hydroxylamine groups is 1. The number of anilines is 1. The summed E-state index contributed by atoms with van der Waals surface area (Å²) in [6.45, 7) is 6.14. The maximum atomic E-state index is 12.8. The van der Waals surface area contributed by atoms with E-state index in [2.05, 4.69) is 16.1 Å². The van der Waals surface area contributed by atoms with Crippen molar-refractivity contribution >= 4 is 28.4 Å². The minimum absolute atomic E-state index is 0.120. The molecule has 2 heterocycles. The molecule has 0 radical (unpaired) electrons. The number of benzene rings is 2. The first-order valence-electron chi connectivity index (χ1n) is 10.6. The predicted molar refractivity (Wildman–Crippen MR) is 125 cm³/mol. The highest BCUT2D eigenvalue weighted by Gasteiger charge is 2.27. The van der Waals surface area contributed by atoms with Crippen molar-refractivity contribution < 1.29 is 14.4 Å². The Morgan fingerprint density at radius 3 is 2.50 bits per heavy atom. The number of carbonyl (C=O) groups excluding carboxylic acids is 2. The van der Waals surface area contributed by atoms with Gasteiger partial charge in [0.2, 0.25) is 5.91 Å². The Hall–Kier alpha value is -3.58. The lowest BCUT2D eigenvalue weighted by Crippen LogP contribution is -2.41. The first kappa shape index (κ1) is 21.6. The molecule has 0 aliphatic carbocycles. The van der Waals surface area contributed by atoms with Crippen LogP contribution in [0.5, 0.6) is 0 Å². The number of para-hydroxylation sites is 1. The summed E-state index contributed by atoms with van der Waals surface area (Å²) < 4.78 is 1.94. The fraction of sp³-hybridized carbons (Fsp3) is 0.280. The molecule has 4 rings (SSSR count). The molecule has 2 amide bonds. The fourth-order valence-corrected chi connectivity index (χ4v) is 3.66. The summed E-state index contributed by atoms with van der Waals surface area (Å²) in [4.78, 5) is 30.6. The van der Waals surface area contributed by atoms with Crippen LogP contribution in [0.1, 0.15) is 36.7 Å². The summed E-state index contributed by atoms with van der Waals surface area (Å²) in [7, 11) is 1.92. The van der Waals surface area contributed by atoms with Gasteiger partial charge in [-0.1, -0.05) is 51.1 Å². The van der Waals surface area contributed by atoms with Gasteiger partial charge in [0.1, 0.15) is 11.9 Å². The molecular weight excluding hydrogens is 404 g/mol. The summed E-state index contributed by atoms with van der Waals surface area (Å²) in [6, 6.07) is 15.1. The molecule has 7 heteroatoms. The molecule has 2 aromatic carbocycles. The van der Waals surface area contributed by atoms with Gasteiger partial charge < -0.3 is 20.0 Å². The van der Waals surface area contributed by atoms with Crippen LogP contribution < -0.4 is 16.1 Å². The van der Waals surface area contributed by atoms with E-state index >= 15 is 0 Å². The Labute approximate surface area is 187 Å². The third-order valence-electron chi connectivity index (χ3n) is 5.39. The van der Waals surface area contributed by atoms with Gasteiger partial charge in [-0.3, -0.25) is 9.59 Å². The molecule has 1 aliphatic rings. The van der Waals surface area contributed by atoms with Gasteiger partial charge in [0.15, 0.2) is 0 Å². The normalized spacial score (nSPS) is 15.9. The first-order valence-corrected chi connectivity index (χ1v) is 10.6. The highest BCUT2D eigenvalue weighted by molar-refractivity contribution is 6.13. The molecule has 32 heavy (non-hydrogen) atoms. The Bertz CT molecular complexity index is 1190. The molecule has 0 fully saturated rings. The second-order valence-corrected chi connectivity index (χ2v) is 9.04. The van der Waals surface area contributed by atoms with Crippen molar-refractivity contribution in [3.05, 3.63) is 77.7 Å². The van der Waals surface area contributed by atoms with Gasteiger partial charge in [-0.25, -0.2) is 0 Å². The lowest BCUT2D eigenvalue weighted by molar-refractivity contribution is -0.121. The number of fused-ring (bicyclic) bond motifs is 1. The maximum Gasteiger partial charge on any atom is 0.257 e. The summed E-state index contributed by atoms with van der Waals surface area (Å²) in [5, 5.41) is 6.74. The topological polar surface area (TPSA) is 84.4 Å². The van der Waals surface area contributed by atoms with Crippen molar-refractivity contribution in [2.45, 2.75) is 33.4 Å². The third-order valence-corrected chi connectivity index (χ3v) is 5.39. The van der Waals surface area contributed by atoms with Crippen LogP contribution in [-0.2, 0) is 23.1 Å². The zero-order valence-corrected chi connectivity index (χ0v) is 18.7. The molecule has 0 spiro atoms. The molecule has 3 N–H and O–H groups in total. The number of hydrogen-bond donors (Lipinski definition) is 3. The standard InChI is InChI=1S/C25H28N4O3/c1-25(2,3)21-14-22(28-32-21)27-23(30)13-16-9-11-17(12-10-16)26-24(31)19-15-29(4)20-8-6-5-7-18(19)20/h5-12,14-15,22,28H,13H2,1-4H3,(H,26,31)(H,27,30). The van der Waals surface area contributed by atoms with E-state index < -0.39 is 0 Å². The van der Waals surface area contributed by atoms with Gasteiger partial charge in [-0.15, -0.1) is 5.48 Å². The molecule has 166 valence electrons. The smallest absolute Gasteiger partial charge is 0.257 e. The molecule has 1 unspecified atom stereocenters. The number of carbonyl (C=O) groups is 2. The number of allylic oxidation sites excluding steroid dienone is 1. The molecule has 0 bridgehead atoms. The number of nitrogens with zero attached hydrogens (tertiary/aromatic N) is 1. The SMILES string of the molecule is Cn1cc(C(=O)Nc2ccc(CC(=O)NC3C=C(C(C)(C)C)ON3)cc2)c2ccccc21. The first-order chi connectivity index (χ1) is 15.2. The summed E-state index contributed by atoms with van der Waals surface area (Å²) in [6.07, 6.45) is 3.59. The van der Waals surface area contributed by atoms with Crippen LogP contribution in [-0.4, -0.2) is 22.5 Å². The lowest BCUT2D eigenvalue weighted by Gasteiger charge is -2.17. The quantitative estimate of drug-likeness (QED) is 0.571. The van der Waals surface area contributed by atoms with E-state index in [9.17, 15) is 9.59 Å². The van der Waals surface area contributed by atoms with Crippen LogP contribution >= 0.6 is 0 Å². The molecular formula is C25H28N4O3. The summed E-state index contributed by atoms with van der Waals surface area (Å²) in [5.74, 6) is 0.514. The van der Waals surface area contributed by atoms with Crippen molar-refractivity contribution in [3.63, 3.8) is 0 Å². The number of aryl methyl sites for hydroxylation is 1. The van der Waals surface area contributed by atoms with Gasteiger partial charge in [0, 0.05) is 35.2 Å². The van der Waals surface area contributed by atoms with Gasteiger partial charge in [0.25, 0.3) is 5.91 Å². The number of aromatic nitrogens is 1. The van der Waals surface area contributed by atoms with Gasteiger partial charge in [-0.2, -0.15) is 0 Å². The summed E-state index contributed by atoms with van der Waals surface area (Å²) >= 11 is 0. The predicted octanol–water partition coefficient (Wildman–Crippen LogP) is 3.88. The van der Waals surface area contributed by atoms with E-state index in [-0.39, 0.29) is 29.8 Å². The van der Waals surface area contributed by atoms with E-state index in [1.807, 2.05) is 81.1 Å². The maximum absolute atomic E-state index is 12.8. The van der Waals surface area contributed by atoms with Crippen LogP contribution in [0.2, 0.25) is 0 Å². The highest BCUT2D eigenvalue weighted by Crippen LogP contribution is 2.28. The number of rotatable bonds is 5. The molecule has 1 atom stereocenters. The van der Waals surface area contributed by atoms with Crippen LogP contribution in [0.15, 0.2) is 66.6 Å². The minimum atomic E-state index is -0.351. The Morgan fingerprint density at radius 1 is 1.09 bits per heavy atom. The van der Waals surface area contributed by atoms with Crippen LogP contribution in [0.3, 0.4) is 0 Å². The third kappa shape index (κ3) is 4.68. The van der Waals surface area contributed by atoms with Crippen LogP contribution in [0.4, 0.5) is 5.69 Å². The second kappa shape index (κ2) is 8.51. The zero-order valence-electron chi connectivity index (χ0n) is 18.7. The fourth-order valence-electron chi connectivity index (χ4n) is 3.66. The zero-order chi connectivity index (χ0) is 22.9. The van der Waals surface area contributed by atoms with Crippen molar-refractivity contribution in [1.82, 2.24) is 15.4 Å². The monoisotopic (exact) mass is 432 g/mol. The van der Waals surface area contributed by atoms with Crippen molar-refractivity contribution in [3.8, 4) is 0 Å². The van der Waals surface area contributed by atoms with Gasteiger partial charge >= 0.3 is 0 Å². The summed E-state index contributed by atoms with van der Waals surface area (Å²) in [5.41, 5.74) is 5.85. The number of amides is 2. The molecule has 1 aliphatic heterocycles. The van der Waals surface area contributed by atoms with Crippen LogP contribution in [0, 0.1) is 5.41 Å². The van der Waals surface area contributed by atoms with Gasteiger partial charge in [0.05, 0.1) is 12.0 Å². The molecule has 7 nitrogen and oxygen atoms in total. The van der Waals surface area contributed by atoms with Crippen molar-refractivity contribution in [2.24, 2.45) is 12.5 Å². The number of nitrogens with one attached hydrogen (secondary N) is 3. The Kier molecular flexibility index (Phi) is 5.76. The van der Waals surface area contributed by atoms with E-state index in [4.69, 9.17) is 4.84 Å². The highest BCUT2D eigenvalue weighted by atomic mass is 16.7. The van der Waals surface area contributed by atoms with Crippen molar-refractivity contribution in [2.75, 3.05) is 5.32 Å². The largest absolute Gasteiger partial charge is 0.410 e. The van der Waals surface area contributed by atoms with E-state index in [0.717, 1.165) is 22.2 Å². The molecule has 3 aromatic rings. The van der Waals surface area contributed by atoms with E-state index in [0.29, 0.717) is 11.3 Å². The molecule has 0 saturated heterocycles. The Balaban J connectivity index is 1.35. The Morgan fingerprint density at radius 2 is 1.81 bits per heavy atom. The van der Waals surface area contributed by atoms with E-state index in [1.54, 1.807) is 12.1 Å². The average Bonchev–Trinajstić information content (AvgIpc) is 3.34. The van der Waals surface area contributed by atoms with Crippen LogP contribution in [0.25, 0.3) is 10.9 Å². The molecule has 1 aromatic heterocycles. The van der Waals surface area contributed by atoms with E-state index in [1.165, 1.54) is 0 Å².